The van der Waals surface area contributed by atoms with E-state index in [9.17, 15) is 26.6 Å². The number of rotatable bonds is 3. The van der Waals surface area contributed by atoms with Gasteiger partial charge in [0.25, 0.3) is 0 Å². The first kappa shape index (κ1) is 16.6. The van der Waals surface area contributed by atoms with Crippen LogP contribution in [0.2, 0.25) is 0 Å². The van der Waals surface area contributed by atoms with Crippen LogP contribution in [0.5, 0.6) is 0 Å². The second-order valence-corrected chi connectivity index (χ2v) is 8.26. The fourth-order valence-electron chi connectivity index (χ4n) is 3.54. The van der Waals surface area contributed by atoms with E-state index in [1.165, 1.54) is 6.07 Å². The molecule has 2 heterocycles. The van der Waals surface area contributed by atoms with Crippen molar-refractivity contribution in [3.8, 4) is 0 Å². The van der Waals surface area contributed by atoms with Crippen molar-refractivity contribution in [1.82, 2.24) is 0 Å². The maximum Gasteiger partial charge on any atom is 0.419 e. The molecule has 2 unspecified atom stereocenters. The van der Waals surface area contributed by atoms with Gasteiger partial charge < -0.3 is 0 Å². The van der Waals surface area contributed by atoms with Crippen LogP contribution in [-0.4, -0.2) is 20.5 Å². The van der Waals surface area contributed by atoms with Gasteiger partial charge in [-0.05, 0) is 43.4 Å². The highest BCUT2D eigenvalue weighted by atomic mass is 32.2. The summed E-state index contributed by atoms with van der Waals surface area (Å²) in [6.07, 6.45) is -2.10. The second-order valence-electron chi connectivity index (χ2n) is 6.27. The minimum absolute atomic E-state index is 0.0432. The first-order chi connectivity index (χ1) is 10.8. The molecule has 0 aromatic heterocycles. The van der Waals surface area contributed by atoms with Crippen LogP contribution in [0.1, 0.15) is 36.8 Å². The predicted octanol–water partition coefficient (Wildman–Crippen LogP) is 3.65. The van der Waals surface area contributed by atoms with Gasteiger partial charge >= 0.3 is 6.18 Å². The maximum atomic E-state index is 13.3. The average molecular weight is 348 g/mol. The SMILES string of the molecule is O=C(Cc1ccc(F)c(C(F)(F)F)c1)C1CC2CCC(C1)S2=O. The number of hydrogen-bond acceptors (Lipinski definition) is 2. The van der Waals surface area contributed by atoms with Crippen LogP contribution in [0.4, 0.5) is 17.6 Å². The summed E-state index contributed by atoms with van der Waals surface area (Å²) in [4.78, 5) is 12.4. The third-order valence-corrected chi connectivity index (χ3v) is 6.90. The summed E-state index contributed by atoms with van der Waals surface area (Å²) in [6, 6.07) is 2.69. The van der Waals surface area contributed by atoms with Crippen LogP contribution in [0.15, 0.2) is 18.2 Å². The van der Waals surface area contributed by atoms with Gasteiger partial charge in [-0.25, -0.2) is 4.39 Å². The van der Waals surface area contributed by atoms with Crippen molar-refractivity contribution in [3.05, 3.63) is 35.1 Å². The third kappa shape index (κ3) is 3.34. The van der Waals surface area contributed by atoms with E-state index in [4.69, 9.17) is 0 Å². The van der Waals surface area contributed by atoms with Gasteiger partial charge in [0.05, 0.1) is 5.56 Å². The lowest BCUT2D eigenvalue weighted by Crippen LogP contribution is -2.33. The van der Waals surface area contributed by atoms with Gasteiger partial charge in [-0.15, -0.1) is 0 Å². The largest absolute Gasteiger partial charge is 0.419 e. The summed E-state index contributed by atoms with van der Waals surface area (Å²) < 4.78 is 63.4. The highest BCUT2D eigenvalue weighted by Gasteiger charge is 2.42. The van der Waals surface area contributed by atoms with E-state index in [0.717, 1.165) is 18.9 Å². The van der Waals surface area contributed by atoms with Crippen molar-refractivity contribution in [2.24, 2.45) is 5.92 Å². The highest BCUT2D eigenvalue weighted by Crippen LogP contribution is 2.39. The molecule has 23 heavy (non-hydrogen) atoms. The van der Waals surface area contributed by atoms with Crippen LogP contribution in [0.3, 0.4) is 0 Å². The van der Waals surface area contributed by atoms with Crippen molar-refractivity contribution in [1.29, 1.82) is 0 Å². The van der Waals surface area contributed by atoms with Gasteiger partial charge in [0.15, 0.2) is 0 Å². The molecule has 0 amide bonds. The van der Waals surface area contributed by atoms with Crippen LogP contribution < -0.4 is 0 Å². The minimum atomic E-state index is -4.77. The molecule has 2 nitrogen and oxygen atoms in total. The molecule has 7 heteroatoms. The molecule has 1 aromatic carbocycles. The molecule has 0 radical (unpaired) electrons. The van der Waals surface area contributed by atoms with Gasteiger partial charge in [-0.1, -0.05) is 6.07 Å². The van der Waals surface area contributed by atoms with Crippen LogP contribution in [0, 0.1) is 11.7 Å². The summed E-state index contributed by atoms with van der Waals surface area (Å²) in [5.41, 5.74) is -1.17. The van der Waals surface area contributed by atoms with E-state index in [-0.39, 0.29) is 34.2 Å². The lowest BCUT2D eigenvalue weighted by Gasteiger charge is -2.26. The lowest BCUT2D eigenvalue weighted by atomic mass is 9.90. The molecule has 2 atom stereocenters. The zero-order valence-electron chi connectivity index (χ0n) is 12.2. The quantitative estimate of drug-likeness (QED) is 0.782. The van der Waals surface area contributed by atoms with Gasteiger partial charge in [0, 0.05) is 33.6 Å². The normalized spacial score (nSPS) is 30.4. The first-order valence-corrected chi connectivity index (χ1v) is 8.81. The van der Waals surface area contributed by atoms with Crippen molar-refractivity contribution >= 4 is 16.6 Å². The van der Waals surface area contributed by atoms with Crippen molar-refractivity contribution in [3.63, 3.8) is 0 Å². The van der Waals surface area contributed by atoms with E-state index in [2.05, 4.69) is 0 Å². The Balaban J connectivity index is 1.73. The Bertz CT molecular complexity index is 640. The van der Waals surface area contributed by atoms with Crippen molar-refractivity contribution in [2.45, 2.75) is 48.8 Å². The van der Waals surface area contributed by atoms with E-state index >= 15 is 0 Å². The number of Topliss-reactive ketones (excluding diaryl/α,β-unsaturated/α-hetero) is 1. The summed E-state index contributed by atoms with van der Waals surface area (Å²) in [5, 5.41) is 0.0864. The maximum absolute atomic E-state index is 13.3. The van der Waals surface area contributed by atoms with E-state index < -0.39 is 28.4 Å². The predicted molar refractivity (Wildman–Crippen MR) is 77.8 cm³/mol. The fraction of sp³-hybridized carbons (Fsp3) is 0.562. The molecule has 3 rings (SSSR count). The smallest absolute Gasteiger partial charge is 0.299 e. The number of benzene rings is 1. The second kappa shape index (κ2) is 6.00. The third-order valence-electron chi connectivity index (χ3n) is 4.73. The molecule has 0 saturated carbocycles. The summed E-state index contributed by atoms with van der Waals surface area (Å²) in [5.74, 6) is -1.72. The first-order valence-electron chi connectivity index (χ1n) is 7.53. The molecule has 0 aliphatic carbocycles. The molecule has 2 aliphatic heterocycles. The number of carbonyl (C=O) groups excluding carboxylic acids is 1. The summed E-state index contributed by atoms with van der Waals surface area (Å²) in [7, 11) is -0.871. The molecule has 0 N–H and O–H groups in total. The molecular weight excluding hydrogens is 332 g/mol. The van der Waals surface area contributed by atoms with Crippen molar-refractivity contribution in [2.75, 3.05) is 0 Å². The molecule has 2 aliphatic rings. The van der Waals surface area contributed by atoms with Crippen LogP contribution in [0.25, 0.3) is 0 Å². The standard InChI is InChI=1S/C16H16F4O2S/c17-14-4-1-9(5-13(14)16(18,19)20)6-15(21)10-7-11-2-3-12(8-10)23(11)22/h1,4-5,10-12H,2-3,6-8H2. The van der Waals surface area contributed by atoms with E-state index in [0.29, 0.717) is 18.9 Å². The molecule has 0 spiro atoms. The Hall–Kier alpha value is -1.24. The molecule has 126 valence electrons. The van der Waals surface area contributed by atoms with Gasteiger partial charge in [0.2, 0.25) is 0 Å². The van der Waals surface area contributed by atoms with Gasteiger partial charge in [0.1, 0.15) is 11.6 Å². The Morgan fingerprint density at radius 1 is 1.17 bits per heavy atom. The minimum Gasteiger partial charge on any atom is -0.299 e. The topological polar surface area (TPSA) is 34.1 Å². The Morgan fingerprint density at radius 3 is 2.35 bits per heavy atom. The molecule has 2 fully saturated rings. The molecular formula is C16H16F4O2S. The number of hydrogen-bond donors (Lipinski definition) is 0. The molecule has 2 saturated heterocycles. The number of alkyl halides is 3. The number of ketones is 1. The zero-order chi connectivity index (χ0) is 16.8. The van der Waals surface area contributed by atoms with Crippen LogP contribution >= 0.6 is 0 Å². The van der Waals surface area contributed by atoms with E-state index in [1.54, 1.807) is 0 Å². The summed E-state index contributed by atoms with van der Waals surface area (Å²) >= 11 is 0. The molecule has 1 aromatic rings. The Labute approximate surface area is 133 Å². The van der Waals surface area contributed by atoms with E-state index in [1.807, 2.05) is 0 Å². The van der Waals surface area contributed by atoms with Crippen molar-refractivity contribution < 1.29 is 26.6 Å². The highest BCUT2D eigenvalue weighted by molar-refractivity contribution is 7.86. The monoisotopic (exact) mass is 348 g/mol. The fourth-order valence-corrected chi connectivity index (χ4v) is 5.67. The Morgan fingerprint density at radius 2 is 1.78 bits per heavy atom. The zero-order valence-corrected chi connectivity index (χ0v) is 13.1. The number of halogens is 4. The van der Waals surface area contributed by atoms with Gasteiger partial charge in [-0.2, -0.15) is 13.2 Å². The van der Waals surface area contributed by atoms with Gasteiger partial charge in [-0.3, -0.25) is 9.00 Å². The molecule has 2 bridgehead atoms. The average Bonchev–Trinajstić information content (AvgIpc) is 2.70. The van der Waals surface area contributed by atoms with Crippen LogP contribution in [-0.2, 0) is 28.2 Å². The summed E-state index contributed by atoms with van der Waals surface area (Å²) in [6.45, 7) is 0. The number of carbonyl (C=O) groups is 1. The number of fused-ring (bicyclic) bond motifs is 2. The lowest BCUT2D eigenvalue weighted by molar-refractivity contribution is -0.140. The Kier molecular flexibility index (Phi) is 4.33.